The van der Waals surface area contributed by atoms with E-state index >= 15 is 0 Å². The molecule has 0 bridgehead atoms. The molecule has 1 aromatic carbocycles. The smallest absolute Gasteiger partial charge is 0.335 e. The molecule has 3 rings (SSSR count). The second kappa shape index (κ2) is 5.85. The summed E-state index contributed by atoms with van der Waals surface area (Å²) in [6.07, 6.45) is 3.01. The first-order valence-electron chi connectivity index (χ1n) is 7.49. The van der Waals surface area contributed by atoms with Gasteiger partial charge in [0.1, 0.15) is 5.82 Å². The molecule has 1 aliphatic rings. The molecule has 1 fully saturated rings. The first kappa shape index (κ1) is 14.1. The number of rotatable bonds is 4. The number of carboxylic acids is 1. The maximum atomic E-state index is 11.1. The van der Waals surface area contributed by atoms with Crippen LogP contribution >= 0.6 is 0 Å². The van der Waals surface area contributed by atoms with Crippen molar-refractivity contribution in [2.45, 2.75) is 32.7 Å². The van der Waals surface area contributed by atoms with E-state index in [9.17, 15) is 4.79 Å². The zero-order chi connectivity index (χ0) is 14.8. The molecule has 0 aliphatic carbocycles. The summed E-state index contributed by atoms with van der Waals surface area (Å²) in [6.45, 7) is 4.69. The number of hydrogen-bond acceptors (Lipinski definition) is 3. The topological polar surface area (TPSA) is 64.3 Å². The summed E-state index contributed by atoms with van der Waals surface area (Å²) >= 11 is 0. The minimum Gasteiger partial charge on any atom is -0.478 e. The summed E-state index contributed by atoms with van der Waals surface area (Å²) in [6, 6.07) is 5.20. The molecule has 1 aliphatic heterocycles. The number of imidazole rings is 1. The lowest BCUT2D eigenvalue weighted by Gasteiger charge is -2.23. The van der Waals surface area contributed by atoms with Crippen molar-refractivity contribution in [3.8, 4) is 0 Å². The second-order valence-electron chi connectivity index (χ2n) is 5.56. The van der Waals surface area contributed by atoms with E-state index in [1.165, 1.54) is 0 Å². The van der Waals surface area contributed by atoms with Crippen molar-refractivity contribution >= 4 is 17.0 Å². The van der Waals surface area contributed by atoms with Gasteiger partial charge in [0.2, 0.25) is 0 Å². The normalized spacial score (nSPS) is 16.4. The van der Waals surface area contributed by atoms with Crippen LogP contribution in [-0.2, 0) is 17.7 Å². The quantitative estimate of drug-likeness (QED) is 0.939. The fourth-order valence-corrected chi connectivity index (χ4v) is 2.97. The average molecular weight is 288 g/mol. The standard InChI is InChI=1S/C16H20N2O3/c1-2-15-17-13-9-12(16(19)20)3-4-14(13)18(15)10-11-5-7-21-8-6-11/h3-4,9,11H,2,5-8,10H2,1H3,(H,19,20). The van der Waals surface area contributed by atoms with Gasteiger partial charge < -0.3 is 14.4 Å². The van der Waals surface area contributed by atoms with E-state index in [1.54, 1.807) is 12.1 Å². The van der Waals surface area contributed by atoms with Crippen LogP contribution in [0.3, 0.4) is 0 Å². The number of aryl methyl sites for hydroxylation is 1. The van der Waals surface area contributed by atoms with Gasteiger partial charge in [0.15, 0.2) is 0 Å². The van der Waals surface area contributed by atoms with Crippen molar-refractivity contribution in [3.05, 3.63) is 29.6 Å². The number of benzene rings is 1. The summed E-state index contributed by atoms with van der Waals surface area (Å²) in [5.74, 6) is 0.730. The van der Waals surface area contributed by atoms with Gasteiger partial charge in [-0.3, -0.25) is 0 Å². The van der Waals surface area contributed by atoms with E-state index in [4.69, 9.17) is 9.84 Å². The highest BCUT2D eigenvalue weighted by Gasteiger charge is 2.18. The van der Waals surface area contributed by atoms with Crippen molar-refractivity contribution in [2.24, 2.45) is 5.92 Å². The number of carboxylic acid groups (broad SMARTS) is 1. The fraction of sp³-hybridized carbons (Fsp3) is 0.500. The molecule has 1 N–H and O–H groups in total. The number of ether oxygens (including phenoxy) is 1. The summed E-state index contributed by atoms with van der Waals surface area (Å²) in [4.78, 5) is 15.7. The maximum absolute atomic E-state index is 11.1. The Labute approximate surface area is 123 Å². The van der Waals surface area contributed by atoms with E-state index < -0.39 is 5.97 Å². The molecule has 0 radical (unpaired) electrons. The van der Waals surface area contributed by atoms with Crippen LogP contribution in [0.2, 0.25) is 0 Å². The van der Waals surface area contributed by atoms with Crippen LogP contribution in [0.15, 0.2) is 18.2 Å². The van der Waals surface area contributed by atoms with E-state index in [1.807, 2.05) is 6.07 Å². The van der Waals surface area contributed by atoms with Crippen LogP contribution in [0, 0.1) is 5.92 Å². The molecule has 0 amide bonds. The van der Waals surface area contributed by atoms with Gasteiger partial charge in [-0.1, -0.05) is 6.92 Å². The Morgan fingerprint density at radius 3 is 2.86 bits per heavy atom. The van der Waals surface area contributed by atoms with Gasteiger partial charge in [0, 0.05) is 26.2 Å². The predicted molar refractivity (Wildman–Crippen MR) is 79.6 cm³/mol. The van der Waals surface area contributed by atoms with Crippen LogP contribution < -0.4 is 0 Å². The second-order valence-corrected chi connectivity index (χ2v) is 5.56. The minimum atomic E-state index is -0.908. The maximum Gasteiger partial charge on any atom is 0.335 e. The Morgan fingerprint density at radius 1 is 1.43 bits per heavy atom. The lowest BCUT2D eigenvalue weighted by atomic mass is 10.00. The lowest BCUT2D eigenvalue weighted by Crippen LogP contribution is -2.21. The van der Waals surface area contributed by atoms with E-state index in [0.29, 0.717) is 11.5 Å². The van der Waals surface area contributed by atoms with Crippen LogP contribution in [0.5, 0.6) is 0 Å². The molecule has 5 heteroatoms. The van der Waals surface area contributed by atoms with Crippen LogP contribution in [-0.4, -0.2) is 33.8 Å². The number of carbonyl (C=O) groups is 1. The molecule has 2 aromatic rings. The summed E-state index contributed by atoms with van der Waals surface area (Å²) < 4.78 is 7.66. The summed E-state index contributed by atoms with van der Waals surface area (Å²) in [5, 5.41) is 9.09. The Bertz CT molecular complexity index is 657. The van der Waals surface area contributed by atoms with Gasteiger partial charge in [-0.25, -0.2) is 9.78 Å². The van der Waals surface area contributed by atoms with Gasteiger partial charge in [0.05, 0.1) is 16.6 Å². The van der Waals surface area contributed by atoms with Crippen molar-refractivity contribution in [1.29, 1.82) is 0 Å². The van der Waals surface area contributed by atoms with Crippen molar-refractivity contribution < 1.29 is 14.6 Å². The van der Waals surface area contributed by atoms with Gasteiger partial charge in [-0.2, -0.15) is 0 Å². The van der Waals surface area contributed by atoms with Gasteiger partial charge >= 0.3 is 5.97 Å². The van der Waals surface area contributed by atoms with Crippen LogP contribution in [0.4, 0.5) is 0 Å². The molecular formula is C16H20N2O3. The molecular weight excluding hydrogens is 268 g/mol. The van der Waals surface area contributed by atoms with Gasteiger partial charge in [-0.15, -0.1) is 0 Å². The largest absolute Gasteiger partial charge is 0.478 e. The molecule has 2 heterocycles. The van der Waals surface area contributed by atoms with Crippen molar-refractivity contribution in [2.75, 3.05) is 13.2 Å². The number of fused-ring (bicyclic) bond motifs is 1. The first-order chi connectivity index (χ1) is 10.2. The summed E-state index contributed by atoms with van der Waals surface area (Å²) in [7, 11) is 0. The van der Waals surface area contributed by atoms with E-state index in [2.05, 4.69) is 16.5 Å². The highest BCUT2D eigenvalue weighted by atomic mass is 16.5. The van der Waals surface area contributed by atoms with Crippen LogP contribution in [0.25, 0.3) is 11.0 Å². The number of nitrogens with zero attached hydrogens (tertiary/aromatic N) is 2. The zero-order valence-corrected chi connectivity index (χ0v) is 12.2. The Balaban J connectivity index is 1.97. The molecule has 112 valence electrons. The van der Waals surface area contributed by atoms with E-state index in [0.717, 1.165) is 55.9 Å². The number of aromatic carboxylic acids is 1. The molecule has 1 aromatic heterocycles. The highest BCUT2D eigenvalue weighted by molar-refractivity contribution is 5.92. The van der Waals surface area contributed by atoms with Crippen molar-refractivity contribution in [3.63, 3.8) is 0 Å². The Morgan fingerprint density at radius 2 is 2.19 bits per heavy atom. The molecule has 0 spiro atoms. The highest BCUT2D eigenvalue weighted by Crippen LogP contribution is 2.23. The molecule has 5 nitrogen and oxygen atoms in total. The monoisotopic (exact) mass is 288 g/mol. The fourth-order valence-electron chi connectivity index (χ4n) is 2.97. The number of hydrogen-bond donors (Lipinski definition) is 1. The van der Waals surface area contributed by atoms with Crippen molar-refractivity contribution in [1.82, 2.24) is 9.55 Å². The molecule has 1 saturated heterocycles. The third kappa shape index (κ3) is 2.78. The third-order valence-electron chi connectivity index (χ3n) is 4.17. The van der Waals surface area contributed by atoms with Gasteiger partial charge in [0.25, 0.3) is 0 Å². The number of aromatic nitrogens is 2. The Kier molecular flexibility index (Phi) is 3.92. The minimum absolute atomic E-state index is 0.292. The first-order valence-corrected chi connectivity index (χ1v) is 7.49. The summed E-state index contributed by atoms with van der Waals surface area (Å²) in [5.41, 5.74) is 2.10. The van der Waals surface area contributed by atoms with Crippen LogP contribution in [0.1, 0.15) is 35.9 Å². The third-order valence-corrected chi connectivity index (χ3v) is 4.17. The molecule has 21 heavy (non-hydrogen) atoms. The average Bonchev–Trinajstić information content (AvgIpc) is 2.85. The molecule has 0 saturated carbocycles. The molecule has 0 atom stereocenters. The predicted octanol–water partition coefficient (Wildman–Crippen LogP) is 2.72. The zero-order valence-electron chi connectivity index (χ0n) is 12.2. The SMILES string of the molecule is CCc1nc2cc(C(=O)O)ccc2n1CC1CCOCC1. The molecule has 0 unspecified atom stereocenters. The lowest BCUT2D eigenvalue weighted by molar-refractivity contribution is 0.0613. The van der Waals surface area contributed by atoms with E-state index in [-0.39, 0.29) is 0 Å². The Hall–Kier alpha value is -1.88. The van der Waals surface area contributed by atoms with Gasteiger partial charge in [-0.05, 0) is 37.0 Å².